The van der Waals surface area contributed by atoms with Gasteiger partial charge in [-0.25, -0.2) is 0 Å². The Morgan fingerprint density at radius 3 is 3.00 bits per heavy atom. The number of benzene rings is 1. The summed E-state index contributed by atoms with van der Waals surface area (Å²) in [5.74, 6) is 0.407. The number of ketones is 1. The summed E-state index contributed by atoms with van der Waals surface area (Å²) in [6.07, 6.45) is 8.34. The van der Waals surface area contributed by atoms with Gasteiger partial charge < -0.3 is 9.72 Å². The molecule has 154 valence electrons. The molecule has 5 nitrogen and oxygen atoms in total. The lowest BCUT2D eigenvalue weighted by molar-refractivity contribution is -0.143. The highest BCUT2D eigenvalue weighted by Crippen LogP contribution is 2.43. The van der Waals surface area contributed by atoms with E-state index in [4.69, 9.17) is 4.74 Å². The Morgan fingerprint density at radius 2 is 2.21 bits per heavy atom. The molecule has 1 aliphatic carbocycles. The van der Waals surface area contributed by atoms with Crippen LogP contribution < -0.4 is 0 Å². The minimum atomic E-state index is -0.204. The number of aromatic amines is 1. The lowest BCUT2D eigenvalue weighted by Crippen LogP contribution is -2.47. The molecule has 2 atom stereocenters. The number of hydrogen-bond acceptors (Lipinski definition) is 4. The van der Waals surface area contributed by atoms with Crippen molar-refractivity contribution in [2.45, 2.75) is 57.9 Å². The zero-order valence-electron chi connectivity index (χ0n) is 17.4. The third-order valence-corrected chi connectivity index (χ3v) is 6.41. The molecule has 1 fully saturated rings. The molecule has 1 saturated heterocycles. The number of likely N-dealkylation sites (tertiary alicyclic amines) is 1. The number of fused-ring (bicyclic) bond motifs is 2. The van der Waals surface area contributed by atoms with Crippen LogP contribution in [0, 0.1) is 0 Å². The first kappa shape index (κ1) is 19.9. The number of rotatable bonds is 7. The number of carbonyl (C=O) groups excluding carboxylic acids is 2. The van der Waals surface area contributed by atoms with Crippen LogP contribution in [0.3, 0.4) is 0 Å². The molecule has 1 N–H and O–H groups in total. The lowest BCUT2D eigenvalue weighted by atomic mass is 9.75. The van der Waals surface area contributed by atoms with E-state index in [1.807, 2.05) is 13.0 Å². The molecule has 0 saturated carbocycles. The molecule has 0 spiro atoms. The first-order valence-electron chi connectivity index (χ1n) is 10.8. The number of allylic oxidation sites excluding steroid dienone is 1. The highest BCUT2D eigenvalue weighted by Gasteiger charge is 2.37. The van der Waals surface area contributed by atoms with E-state index >= 15 is 0 Å². The van der Waals surface area contributed by atoms with Crippen LogP contribution in [0.2, 0.25) is 0 Å². The molecule has 1 aliphatic heterocycles. The Hall–Kier alpha value is -2.40. The third-order valence-electron chi connectivity index (χ3n) is 6.41. The second-order valence-corrected chi connectivity index (χ2v) is 8.20. The van der Waals surface area contributed by atoms with Crippen LogP contribution in [0.5, 0.6) is 0 Å². The van der Waals surface area contributed by atoms with Crippen LogP contribution in [0.1, 0.15) is 56.6 Å². The third kappa shape index (κ3) is 4.01. The Morgan fingerprint density at radius 1 is 1.34 bits per heavy atom. The van der Waals surface area contributed by atoms with Crippen molar-refractivity contribution >= 4 is 22.7 Å². The van der Waals surface area contributed by atoms with Gasteiger partial charge in [0.05, 0.1) is 6.61 Å². The molecule has 2 heterocycles. The largest absolute Gasteiger partial charge is 0.466 e. The predicted molar refractivity (Wildman–Crippen MR) is 114 cm³/mol. The summed E-state index contributed by atoms with van der Waals surface area (Å²) in [5, 5.41) is 1.41. The van der Waals surface area contributed by atoms with Crippen LogP contribution in [-0.2, 0) is 20.7 Å². The number of nitrogens with zero attached hydrogens (tertiary/aromatic N) is 1. The first-order chi connectivity index (χ1) is 14.1. The summed E-state index contributed by atoms with van der Waals surface area (Å²) in [4.78, 5) is 29.8. The van der Waals surface area contributed by atoms with Gasteiger partial charge in [-0.15, -0.1) is 0 Å². The quantitative estimate of drug-likeness (QED) is 0.567. The van der Waals surface area contributed by atoms with E-state index < -0.39 is 0 Å². The maximum absolute atomic E-state index is 12.3. The number of hydrogen-bond donors (Lipinski definition) is 1. The molecular formula is C24H30N2O3. The smallest absolute Gasteiger partial charge is 0.306 e. The standard InChI is InChI=1S/C24H30N2O3/c1-3-29-23(28)11-4-7-17(16(2)27)15-26-12-6-9-19-20-8-5-10-21-24(20)18(14-25-21)13-22(19)26/h5,7-8,10,14,19,22,25H,3-4,6,9,11-13,15H2,1-2H3/t19?,22-/m1/s1. The van der Waals surface area contributed by atoms with E-state index in [0.29, 0.717) is 38.0 Å². The molecule has 1 unspecified atom stereocenters. The van der Waals surface area contributed by atoms with Crippen LogP contribution in [0.4, 0.5) is 0 Å². The highest BCUT2D eigenvalue weighted by atomic mass is 16.5. The van der Waals surface area contributed by atoms with Gasteiger partial charge in [-0.3, -0.25) is 14.5 Å². The molecule has 1 aromatic heterocycles. The zero-order valence-corrected chi connectivity index (χ0v) is 17.4. The zero-order chi connectivity index (χ0) is 20.4. The van der Waals surface area contributed by atoms with Crippen molar-refractivity contribution in [1.29, 1.82) is 0 Å². The maximum Gasteiger partial charge on any atom is 0.306 e. The number of carbonyl (C=O) groups is 2. The van der Waals surface area contributed by atoms with Gasteiger partial charge in [0, 0.05) is 47.6 Å². The van der Waals surface area contributed by atoms with Gasteiger partial charge in [-0.05, 0) is 63.3 Å². The summed E-state index contributed by atoms with van der Waals surface area (Å²) >= 11 is 0. The molecule has 0 radical (unpaired) electrons. The van der Waals surface area contributed by atoms with E-state index in [2.05, 4.69) is 34.3 Å². The molecule has 0 amide bonds. The number of aromatic nitrogens is 1. The molecule has 1 aromatic carbocycles. The molecule has 0 bridgehead atoms. The Labute approximate surface area is 172 Å². The van der Waals surface area contributed by atoms with E-state index in [-0.39, 0.29) is 11.8 Å². The summed E-state index contributed by atoms with van der Waals surface area (Å²) in [6.45, 7) is 5.51. The molecule has 2 aliphatic rings. The second kappa shape index (κ2) is 8.54. The minimum absolute atomic E-state index is 0.0937. The van der Waals surface area contributed by atoms with Crippen molar-refractivity contribution in [2.75, 3.05) is 19.7 Å². The number of ether oxygens (including phenoxy) is 1. The molecule has 2 aromatic rings. The van der Waals surface area contributed by atoms with Crippen molar-refractivity contribution in [2.24, 2.45) is 0 Å². The normalized spacial score (nSPS) is 21.8. The van der Waals surface area contributed by atoms with E-state index in [9.17, 15) is 9.59 Å². The average Bonchev–Trinajstić information content (AvgIpc) is 3.12. The minimum Gasteiger partial charge on any atom is -0.466 e. The van der Waals surface area contributed by atoms with Crippen molar-refractivity contribution in [3.63, 3.8) is 0 Å². The van der Waals surface area contributed by atoms with E-state index in [0.717, 1.165) is 25.0 Å². The Kier molecular flexibility index (Phi) is 5.86. The Balaban J connectivity index is 1.51. The number of nitrogens with one attached hydrogen (secondary N) is 1. The fourth-order valence-electron chi connectivity index (χ4n) is 5.07. The van der Waals surface area contributed by atoms with Gasteiger partial charge in [0.15, 0.2) is 5.78 Å². The van der Waals surface area contributed by atoms with Crippen molar-refractivity contribution < 1.29 is 14.3 Å². The predicted octanol–water partition coefficient (Wildman–Crippen LogP) is 4.13. The fourth-order valence-corrected chi connectivity index (χ4v) is 5.07. The molecule has 5 heteroatoms. The molecule has 29 heavy (non-hydrogen) atoms. The summed E-state index contributed by atoms with van der Waals surface area (Å²) in [5.41, 5.74) is 4.89. The monoisotopic (exact) mass is 394 g/mol. The summed E-state index contributed by atoms with van der Waals surface area (Å²) < 4.78 is 4.99. The highest BCUT2D eigenvalue weighted by molar-refractivity contribution is 5.93. The van der Waals surface area contributed by atoms with Crippen LogP contribution >= 0.6 is 0 Å². The average molecular weight is 395 g/mol. The number of piperidine rings is 1. The maximum atomic E-state index is 12.3. The molecule has 4 rings (SSSR count). The van der Waals surface area contributed by atoms with Crippen LogP contribution in [0.15, 0.2) is 36.0 Å². The first-order valence-corrected chi connectivity index (χ1v) is 10.8. The number of Topliss-reactive ketones (excluding diaryl/α,β-unsaturated/α-hetero) is 1. The van der Waals surface area contributed by atoms with Crippen molar-refractivity contribution in [3.05, 3.63) is 47.2 Å². The number of H-pyrrole nitrogens is 1. The summed E-state index contributed by atoms with van der Waals surface area (Å²) in [7, 11) is 0. The van der Waals surface area contributed by atoms with Crippen molar-refractivity contribution in [1.82, 2.24) is 9.88 Å². The van der Waals surface area contributed by atoms with Crippen LogP contribution in [0.25, 0.3) is 10.9 Å². The number of esters is 1. The van der Waals surface area contributed by atoms with Gasteiger partial charge in [0.2, 0.25) is 0 Å². The van der Waals surface area contributed by atoms with E-state index in [1.54, 1.807) is 6.92 Å². The second-order valence-electron chi connectivity index (χ2n) is 8.20. The van der Waals surface area contributed by atoms with Crippen LogP contribution in [-0.4, -0.2) is 47.4 Å². The van der Waals surface area contributed by atoms with Gasteiger partial charge in [0.1, 0.15) is 0 Å². The fraction of sp³-hybridized carbons (Fsp3) is 0.500. The van der Waals surface area contributed by atoms with Crippen molar-refractivity contribution in [3.8, 4) is 0 Å². The van der Waals surface area contributed by atoms with E-state index in [1.165, 1.54) is 28.5 Å². The van der Waals surface area contributed by atoms with Gasteiger partial charge in [-0.2, -0.15) is 0 Å². The summed E-state index contributed by atoms with van der Waals surface area (Å²) in [6, 6.07) is 7.01. The van der Waals surface area contributed by atoms with Gasteiger partial charge >= 0.3 is 5.97 Å². The van der Waals surface area contributed by atoms with Gasteiger partial charge in [0.25, 0.3) is 0 Å². The lowest BCUT2D eigenvalue weighted by Gasteiger charge is -2.44. The Bertz CT molecular complexity index is 943. The topological polar surface area (TPSA) is 62.4 Å². The molecular weight excluding hydrogens is 364 g/mol. The van der Waals surface area contributed by atoms with Gasteiger partial charge in [-0.1, -0.05) is 18.2 Å². The SMILES string of the molecule is CCOC(=O)CCC=C(CN1CCCC2c3cccc4[nH]cc(c34)C[C@H]21)C(C)=O.